The largest absolute Gasteiger partial charge is 0.399 e. The van der Waals surface area contributed by atoms with Gasteiger partial charge in [0.2, 0.25) is 10.0 Å². The number of hydrogen-bond donors (Lipinski definition) is 2. The summed E-state index contributed by atoms with van der Waals surface area (Å²) in [6, 6.07) is 7.41. The molecule has 7 heteroatoms. The zero-order valence-electron chi connectivity index (χ0n) is 11.8. The molecule has 0 unspecified atom stereocenters. The smallest absolute Gasteiger partial charge is 0.212 e. The third-order valence-electron chi connectivity index (χ3n) is 2.35. The lowest BCUT2D eigenvalue weighted by atomic mass is 10.3. The van der Waals surface area contributed by atoms with Gasteiger partial charge in [-0.2, -0.15) is 0 Å². The molecule has 0 radical (unpaired) electrons. The van der Waals surface area contributed by atoms with Gasteiger partial charge in [-0.1, -0.05) is 6.07 Å². The van der Waals surface area contributed by atoms with Crippen LogP contribution in [0.25, 0.3) is 0 Å². The second kappa shape index (κ2) is 8.51. The van der Waals surface area contributed by atoms with E-state index >= 15 is 0 Å². The first-order valence-corrected chi connectivity index (χ1v) is 9.10. The minimum Gasteiger partial charge on any atom is -0.399 e. The van der Waals surface area contributed by atoms with Crippen molar-refractivity contribution < 1.29 is 13.2 Å². The number of benzene rings is 1. The lowest BCUT2D eigenvalue weighted by Crippen LogP contribution is -2.31. The van der Waals surface area contributed by atoms with Crippen LogP contribution in [0.2, 0.25) is 0 Å². The van der Waals surface area contributed by atoms with E-state index in [1.54, 1.807) is 6.07 Å². The van der Waals surface area contributed by atoms with E-state index in [0.717, 1.165) is 4.90 Å². The Balaban J connectivity index is 2.26. The van der Waals surface area contributed by atoms with Crippen LogP contribution >= 0.6 is 11.8 Å². The molecule has 0 spiro atoms. The Labute approximate surface area is 125 Å². The highest BCUT2D eigenvalue weighted by Crippen LogP contribution is 2.20. The van der Waals surface area contributed by atoms with Crippen LogP contribution in [0.3, 0.4) is 0 Å². The quantitative estimate of drug-likeness (QED) is 0.411. The molecule has 0 saturated heterocycles. The fraction of sp³-hybridized carbons (Fsp3) is 0.538. The van der Waals surface area contributed by atoms with Gasteiger partial charge in [-0.15, -0.1) is 11.8 Å². The molecule has 5 nitrogen and oxygen atoms in total. The van der Waals surface area contributed by atoms with Crippen LogP contribution in [-0.2, 0) is 14.8 Å². The molecule has 20 heavy (non-hydrogen) atoms. The van der Waals surface area contributed by atoms with Crippen molar-refractivity contribution in [3.63, 3.8) is 0 Å². The van der Waals surface area contributed by atoms with E-state index in [1.165, 1.54) is 11.8 Å². The van der Waals surface area contributed by atoms with Gasteiger partial charge in [0, 0.05) is 22.9 Å². The maximum Gasteiger partial charge on any atom is 0.212 e. The number of nitrogen functional groups attached to an aromatic ring is 1. The Kier molecular flexibility index (Phi) is 7.36. The van der Waals surface area contributed by atoms with E-state index in [9.17, 15) is 8.42 Å². The van der Waals surface area contributed by atoms with E-state index in [2.05, 4.69) is 4.72 Å². The van der Waals surface area contributed by atoms with Crippen LogP contribution in [0.5, 0.6) is 0 Å². The molecule has 0 aliphatic heterocycles. The van der Waals surface area contributed by atoms with Gasteiger partial charge in [-0.3, -0.25) is 0 Å². The third-order valence-corrected chi connectivity index (χ3v) is 4.99. The van der Waals surface area contributed by atoms with Crippen LogP contribution in [0.1, 0.15) is 13.8 Å². The number of hydrogen-bond acceptors (Lipinski definition) is 5. The lowest BCUT2D eigenvalue weighted by Gasteiger charge is -2.09. The van der Waals surface area contributed by atoms with E-state index in [-0.39, 0.29) is 11.9 Å². The summed E-state index contributed by atoms with van der Waals surface area (Å²) in [5.41, 5.74) is 6.35. The van der Waals surface area contributed by atoms with Crippen molar-refractivity contribution in [1.82, 2.24) is 4.72 Å². The normalized spacial score (nSPS) is 11.9. The average Bonchev–Trinajstić information content (AvgIpc) is 2.34. The van der Waals surface area contributed by atoms with Crippen LogP contribution in [0, 0.1) is 0 Å². The molecule has 114 valence electrons. The number of nitrogens with two attached hydrogens (primary N) is 1. The molecule has 0 fully saturated rings. The molecule has 0 aliphatic rings. The van der Waals surface area contributed by atoms with E-state index in [1.807, 2.05) is 32.0 Å². The van der Waals surface area contributed by atoms with Crippen molar-refractivity contribution in [1.29, 1.82) is 0 Å². The Morgan fingerprint density at radius 2 is 2.15 bits per heavy atom. The molecule has 0 saturated carbocycles. The predicted octanol–water partition coefficient (Wildman–Crippen LogP) is 1.71. The summed E-state index contributed by atoms with van der Waals surface area (Å²) in [5, 5.41) is 0. The molecule has 1 aromatic rings. The topological polar surface area (TPSA) is 81.4 Å². The molecule has 0 atom stereocenters. The first-order valence-electron chi connectivity index (χ1n) is 6.46. The molecule has 0 amide bonds. The Morgan fingerprint density at radius 1 is 1.40 bits per heavy atom. The van der Waals surface area contributed by atoms with Crippen molar-refractivity contribution in [2.75, 3.05) is 30.4 Å². The van der Waals surface area contributed by atoms with Gasteiger partial charge in [0.05, 0.1) is 18.5 Å². The monoisotopic (exact) mass is 318 g/mol. The molecular formula is C13H22N2O3S2. The maximum atomic E-state index is 11.7. The number of rotatable bonds is 9. The summed E-state index contributed by atoms with van der Waals surface area (Å²) in [6.07, 6.45) is 0.110. The van der Waals surface area contributed by atoms with E-state index in [0.29, 0.717) is 24.6 Å². The average molecular weight is 318 g/mol. The Bertz CT molecular complexity index is 504. The summed E-state index contributed by atoms with van der Waals surface area (Å²) in [5.74, 6) is 0.567. The highest BCUT2D eigenvalue weighted by Gasteiger charge is 2.09. The van der Waals surface area contributed by atoms with Gasteiger partial charge in [0.15, 0.2) is 0 Å². The van der Waals surface area contributed by atoms with Gasteiger partial charge in [-0.25, -0.2) is 13.1 Å². The summed E-state index contributed by atoms with van der Waals surface area (Å²) >= 11 is 1.48. The minimum absolute atomic E-state index is 0.0775. The highest BCUT2D eigenvalue weighted by molar-refractivity contribution is 8.00. The first kappa shape index (κ1) is 17.3. The van der Waals surface area contributed by atoms with Crippen LogP contribution in [0.15, 0.2) is 29.2 Å². The molecule has 0 heterocycles. The second-order valence-corrected chi connectivity index (χ2v) is 7.65. The Hall–Kier alpha value is -0.760. The molecule has 0 bridgehead atoms. The van der Waals surface area contributed by atoms with Gasteiger partial charge in [0.25, 0.3) is 0 Å². The van der Waals surface area contributed by atoms with Gasteiger partial charge in [-0.05, 0) is 32.0 Å². The fourth-order valence-electron chi connectivity index (χ4n) is 1.44. The van der Waals surface area contributed by atoms with E-state index in [4.69, 9.17) is 10.5 Å². The second-order valence-electron chi connectivity index (χ2n) is 4.55. The van der Waals surface area contributed by atoms with Crippen LogP contribution < -0.4 is 10.5 Å². The standard InChI is InChI=1S/C13H22N2O3S2/c1-11(2)18-7-6-15-20(16,17)9-8-19-13-5-3-4-12(14)10-13/h3-5,10-11,15H,6-9,14H2,1-2H3. The Morgan fingerprint density at radius 3 is 2.80 bits per heavy atom. The lowest BCUT2D eigenvalue weighted by molar-refractivity contribution is 0.0834. The number of thioether (sulfide) groups is 1. The van der Waals surface area contributed by atoms with Crippen molar-refractivity contribution in [2.24, 2.45) is 0 Å². The zero-order valence-corrected chi connectivity index (χ0v) is 13.5. The maximum absolute atomic E-state index is 11.7. The summed E-state index contributed by atoms with van der Waals surface area (Å²) in [6.45, 7) is 4.52. The van der Waals surface area contributed by atoms with E-state index < -0.39 is 10.0 Å². The molecule has 0 aromatic heterocycles. The van der Waals surface area contributed by atoms with Crippen molar-refractivity contribution in [3.8, 4) is 0 Å². The minimum atomic E-state index is -3.24. The van der Waals surface area contributed by atoms with Crippen molar-refractivity contribution in [3.05, 3.63) is 24.3 Å². The van der Waals surface area contributed by atoms with Gasteiger partial charge < -0.3 is 10.5 Å². The molecule has 1 aromatic carbocycles. The number of anilines is 1. The van der Waals surface area contributed by atoms with Gasteiger partial charge in [0.1, 0.15) is 0 Å². The summed E-state index contributed by atoms with van der Waals surface area (Å²) < 4.78 is 31.3. The van der Waals surface area contributed by atoms with Crippen LogP contribution in [-0.4, -0.2) is 39.2 Å². The molecule has 3 N–H and O–H groups in total. The first-order chi connectivity index (χ1) is 9.39. The SMILES string of the molecule is CC(C)OCCNS(=O)(=O)CCSc1cccc(N)c1. The number of sulfonamides is 1. The number of ether oxygens (including phenoxy) is 1. The zero-order chi connectivity index (χ0) is 15.0. The molecule has 0 aliphatic carbocycles. The number of nitrogens with one attached hydrogen (secondary N) is 1. The summed E-state index contributed by atoms with van der Waals surface area (Å²) in [7, 11) is -3.24. The van der Waals surface area contributed by atoms with Crippen molar-refractivity contribution in [2.45, 2.75) is 24.8 Å². The third kappa shape index (κ3) is 7.74. The summed E-state index contributed by atoms with van der Waals surface area (Å²) in [4.78, 5) is 0.975. The van der Waals surface area contributed by atoms with Crippen molar-refractivity contribution >= 4 is 27.5 Å². The molecule has 1 rings (SSSR count). The molecular weight excluding hydrogens is 296 g/mol. The highest BCUT2D eigenvalue weighted by atomic mass is 32.2. The predicted molar refractivity (Wildman–Crippen MR) is 84.5 cm³/mol. The van der Waals surface area contributed by atoms with Gasteiger partial charge >= 0.3 is 0 Å². The van der Waals surface area contributed by atoms with Crippen LogP contribution in [0.4, 0.5) is 5.69 Å². The fourth-order valence-corrected chi connectivity index (χ4v) is 3.82.